The van der Waals surface area contributed by atoms with Gasteiger partial charge >= 0.3 is 0 Å². The van der Waals surface area contributed by atoms with E-state index in [4.69, 9.17) is 4.74 Å². The lowest BCUT2D eigenvalue weighted by Crippen LogP contribution is -2.32. The lowest BCUT2D eigenvalue weighted by atomic mass is 9.82. The number of hydrogen-bond donors (Lipinski definition) is 0. The van der Waals surface area contributed by atoms with Crippen molar-refractivity contribution in [3.8, 4) is 0 Å². The lowest BCUT2D eigenvalue weighted by molar-refractivity contribution is 0.0105. The number of nitrogens with zero attached hydrogens (tertiary/aromatic N) is 1. The summed E-state index contributed by atoms with van der Waals surface area (Å²) in [5.41, 5.74) is 0. The maximum atomic E-state index is 6.27. The van der Waals surface area contributed by atoms with Crippen LogP contribution in [0.25, 0.3) is 0 Å². The van der Waals surface area contributed by atoms with E-state index in [0.29, 0.717) is 15.6 Å². The summed E-state index contributed by atoms with van der Waals surface area (Å²) in [7, 11) is 0.675. The van der Waals surface area contributed by atoms with E-state index in [2.05, 4.69) is 31.0 Å². The Hall–Kier alpha value is -0.673. The summed E-state index contributed by atoms with van der Waals surface area (Å²) >= 11 is 0. The molecule has 20 heavy (non-hydrogen) atoms. The first-order valence-corrected chi connectivity index (χ1v) is 9.23. The Morgan fingerprint density at radius 1 is 1.25 bits per heavy atom. The standard InChI is InChI=1S/C17H27NOSi/c1-14(2)12-16(15-8-4-3-5-9-15)19-13-20-17-10-6-7-11-18-17/h6-7,10-11,14-16H,3-5,8-9,12-13H2,1-2H3. The largest absolute Gasteiger partial charge is 0.381 e. The zero-order valence-corrected chi connectivity index (χ0v) is 13.8. The molecule has 1 fully saturated rings. The second kappa shape index (κ2) is 8.58. The average Bonchev–Trinajstić information content (AvgIpc) is 2.48. The number of aromatic nitrogens is 1. The van der Waals surface area contributed by atoms with Gasteiger partial charge < -0.3 is 4.74 Å². The van der Waals surface area contributed by atoms with Crippen LogP contribution in [0.15, 0.2) is 24.4 Å². The first-order chi connectivity index (χ1) is 9.75. The Balaban J connectivity index is 1.80. The topological polar surface area (TPSA) is 22.1 Å². The van der Waals surface area contributed by atoms with Crippen molar-refractivity contribution >= 4 is 14.8 Å². The Morgan fingerprint density at radius 3 is 2.70 bits per heavy atom. The molecule has 2 rings (SSSR count). The maximum Gasteiger partial charge on any atom is 0.140 e. The van der Waals surface area contributed by atoms with Gasteiger partial charge in [-0.15, -0.1) is 0 Å². The molecule has 1 aliphatic rings. The summed E-state index contributed by atoms with van der Waals surface area (Å²) < 4.78 is 6.27. The van der Waals surface area contributed by atoms with Gasteiger partial charge in [-0.1, -0.05) is 39.2 Å². The third-order valence-corrected chi connectivity index (χ3v) is 5.06. The smallest absolute Gasteiger partial charge is 0.140 e. The molecule has 0 bridgehead atoms. The van der Waals surface area contributed by atoms with E-state index in [-0.39, 0.29) is 0 Å². The molecule has 1 aliphatic carbocycles. The third-order valence-electron chi connectivity index (χ3n) is 4.09. The molecular weight excluding hydrogens is 262 g/mol. The Labute approximate surface area is 126 Å². The van der Waals surface area contributed by atoms with Gasteiger partial charge in [0.2, 0.25) is 0 Å². The molecule has 0 saturated heterocycles. The first-order valence-electron chi connectivity index (χ1n) is 8.02. The molecule has 1 saturated carbocycles. The zero-order chi connectivity index (χ0) is 14.2. The van der Waals surface area contributed by atoms with Gasteiger partial charge in [0.05, 0.1) is 6.10 Å². The van der Waals surface area contributed by atoms with Gasteiger partial charge in [0, 0.05) is 17.7 Å². The number of rotatable bonds is 7. The number of hydrogen-bond acceptors (Lipinski definition) is 2. The molecule has 1 heterocycles. The van der Waals surface area contributed by atoms with Gasteiger partial charge in [-0.25, -0.2) is 0 Å². The molecule has 0 aromatic carbocycles. The normalized spacial score (nSPS) is 18.4. The van der Waals surface area contributed by atoms with Gasteiger partial charge in [0.1, 0.15) is 9.52 Å². The first kappa shape index (κ1) is 15.7. The van der Waals surface area contributed by atoms with Crippen LogP contribution in [0, 0.1) is 11.8 Å². The molecule has 3 heteroatoms. The van der Waals surface area contributed by atoms with Crippen LogP contribution >= 0.6 is 0 Å². The highest BCUT2D eigenvalue weighted by Gasteiger charge is 2.24. The zero-order valence-electron chi connectivity index (χ0n) is 12.8. The van der Waals surface area contributed by atoms with Crippen LogP contribution in [0.4, 0.5) is 0 Å². The van der Waals surface area contributed by atoms with E-state index < -0.39 is 0 Å². The van der Waals surface area contributed by atoms with E-state index in [1.165, 1.54) is 43.8 Å². The lowest BCUT2D eigenvalue weighted by Gasteiger charge is -2.31. The molecule has 2 nitrogen and oxygen atoms in total. The predicted molar refractivity (Wildman–Crippen MR) is 85.4 cm³/mol. The van der Waals surface area contributed by atoms with Gasteiger partial charge in [-0.3, -0.25) is 4.98 Å². The van der Waals surface area contributed by atoms with Crippen LogP contribution < -0.4 is 5.32 Å². The summed E-state index contributed by atoms with van der Waals surface area (Å²) in [6, 6.07) is 6.13. The van der Waals surface area contributed by atoms with Crippen LogP contribution in [0.3, 0.4) is 0 Å². The summed E-state index contributed by atoms with van der Waals surface area (Å²) in [5.74, 6) is 1.51. The highest BCUT2D eigenvalue weighted by atomic mass is 28.2. The highest BCUT2D eigenvalue weighted by Crippen LogP contribution is 2.30. The van der Waals surface area contributed by atoms with Crippen molar-refractivity contribution in [3.05, 3.63) is 24.4 Å². The molecule has 110 valence electrons. The molecule has 1 unspecified atom stereocenters. The minimum atomic E-state index is 0.464. The van der Waals surface area contributed by atoms with Gasteiger partial charge in [-0.05, 0) is 43.2 Å². The monoisotopic (exact) mass is 289 g/mol. The van der Waals surface area contributed by atoms with Crippen molar-refractivity contribution in [2.24, 2.45) is 11.8 Å². The second-order valence-corrected chi connectivity index (χ2v) is 7.42. The molecule has 1 atom stereocenters. The summed E-state index contributed by atoms with van der Waals surface area (Å²) in [4.78, 5) is 4.38. The molecular formula is C17H27NOSi. The summed E-state index contributed by atoms with van der Waals surface area (Å²) in [5, 5.41) is 1.17. The van der Waals surface area contributed by atoms with Crippen LogP contribution in [-0.4, -0.2) is 26.8 Å². The fourth-order valence-electron chi connectivity index (χ4n) is 3.06. The molecule has 0 aliphatic heterocycles. The van der Waals surface area contributed by atoms with Crippen LogP contribution in [0.2, 0.25) is 0 Å². The van der Waals surface area contributed by atoms with Crippen LogP contribution in [-0.2, 0) is 4.74 Å². The molecule has 0 N–H and O–H groups in total. The molecule has 1 aromatic rings. The fourth-order valence-corrected chi connectivity index (χ4v) is 3.88. The minimum Gasteiger partial charge on any atom is -0.381 e. The van der Waals surface area contributed by atoms with Crippen molar-refractivity contribution in [3.63, 3.8) is 0 Å². The Bertz CT molecular complexity index is 363. The van der Waals surface area contributed by atoms with Crippen molar-refractivity contribution in [2.45, 2.75) is 58.5 Å². The molecule has 2 radical (unpaired) electrons. The maximum absolute atomic E-state index is 6.27. The Morgan fingerprint density at radius 2 is 2.05 bits per heavy atom. The van der Waals surface area contributed by atoms with Gasteiger partial charge in [0.25, 0.3) is 0 Å². The predicted octanol–water partition coefficient (Wildman–Crippen LogP) is 3.38. The quantitative estimate of drug-likeness (QED) is 0.718. The highest BCUT2D eigenvalue weighted by molar-refractivity contribution is 6.52. The third kappa shape index (κ3) is 5.37. The molecule has 0 amide bonds. The summed E-state index contributed by atoms with van der Waals surface area (Å²) in [6.07, 6.45) is 11.3. The van der Waals surface area contributed by atoms with E-state index in [9.17, 15) is 0 Å². The SMILES string of the molecule is CC(C)CC(OC[Si]c1ccccn1)C1CCCCC1. The molecule has 1 aromatic heterocycles. The van der Waals surface area contributed by atoms with Crippen molar-refractivity contribution in [1.29, 1.82) is 0 Å². The van der Waals surface area contributed by atoms with E-state index in [1.807, 2.05) is 12.3 Å². The van der Waals surface area contributed by atoms with E-state index in [0.717, 1.165) is 18.1 Å². The van der Waals surface area contributed by atoms with Crippen molar-refractivity contribution < 1.29 is 4.74 Å². The van der Waals surface area contributed by atoms with Crippen molar-refractivity contribution in [1.82, 2.24) is 4.98 Å². The summed E-state index contributed by atoms with van der Waals surface area (Å²) in [6.45, 7) is 4.61. The van der Waals surface area contributed by atoms with Crippen LogP contribution in [0.5, 0.6) is 0 Å². The Kier molecular flexibility index (Phi) is 6.74. The van der Waals surface area contributed by atoms with E-state index >= 15 is 0 Å². The van der Waals surface area contributed by atoms with Gasteiger partial charge in [0.15, 0.2) is 0 Å². The fraction of sp³-hybridized carbons (Fsp3) is 0.706. The second-order valence-electron chi connectivity index (χ2n) is 6.27. The van der Waals surface area contributed by atoms with Gasteiger partial charge in [-0.2, -0.15) is 0 Å². The number of ether oxygens (including phenoxy) is 1. The van der Waals surface area contributed by atoms with Crippen molar-refractivity contribution in [2.75, 3.05) is 6.23 Å². The average molecular weight is 289 g/mol. The minimum absolute atomic E-state index is 0.464. The molecule has 0 spiro atoms. The number of pyridine rings is 1. The van der Waals surface area contributed by atoms with Crippen LogP contribution in [0.1, 0.15) is 52.4 Å². The van der Waals surface area contributed by atoms with E-state index in [1.54, 1.807) is 0 Å².